The third kappa shape index (κ3) is 2.57. The van der Waals surface area contributed by atoms with Crippen LogP contribution in [0.3, 0.4) is 0 Å². The van der Waals surface area contributed by atoms with Crippen molar-refractivity contribution in [3.8, 4) is 11.1 Å². The van der Waals surface area contributed by atoms with Gasteiger partial charge in [0.25, 0.3) is 0 Å². The highest BCUT2D eigenvalue weighted by Crippen LogP contribution is 2.31. The molecule has 0 heterocycles. The molecule has 0 aliphatic heterocycles. The van der Waals surface area contributed by atoms with E-state index in [1.807, 2.05) is 18.2 Å². The minimum Gasteiger partial charge on any atom is -0.459 e. The van der Waals surface area contributed by atoms with Gasteiger partial charge in [0.1, 0.15) is 0 Å². The predicted octanol–water partition coefficient (Wildman–Crippen LogP) is 2.46. The molecule has 0 saturated carbocycles. The first-order valence-corrected chi connectivity index (χ1v) is 6.03. The van der Waals surface area contributed by atoms with Crippen molar-refractivity contribution >= 4 is 11.9 Å². The van der Waals surface area contributed by atoms with Crippen LogP contribution in [0.1, 0.15) is 34.6 Å². The molecule has 0 unspecified atom stereocenters. The molecule has 19 heavy (non-hydrogen) atoms. The molecule has 0 radical (unpaired) electrons. The van der Waals surface area contributed by atoms with Gasteiger partial charge in [0, 0.05) is 0 Å². The van der Waals surface area contributed by atoms with Crippen LogP contribution in [0.25, 0.3) is 11.1 Å². The molecule has 4 nitrogen and oxygen atoms in total. The van der Waals surface area contributed by atoms with E-state index in [2.05, 4.69) is 0 Å². The fraction of sp³-hybridized carbons (Fsp3) is 0.200. The van der Waals surface area contributed by atoms with E-state index in [-0.39, 0.29) is 17.2 Å². The summed E-state index contributed by atoms with van der Waals surface area (Å²) in [6.07, 6.45) is -0.248. The fourth-order valence-electron chi connectivity index (χ4n) is 1.99. The van der Waals surface area contributed by atoms with Crippen LogP contribution in [0.15, 0.2) is 36.4 Å². The zero-order valence-corrected chi connectivity index (χ0v) is 10.8. The SMILES string of the molecule is CC(C)OC(=O)c1cc2cccccc-2c1C(N)=O. The number of fused-ring (bicyclic) bond motifs is 1. The number of rotatable bonds is 3. The maximum atomic E-state index is 12.0. The van der Waals surface area contributed by atoms with E-state index in [0.29, 0.717) is 5.56 Å². The van der Waals surface area contributed by atoms with E-state index in [1.54, 1.807) is 32.0 Å². The van der Waals surface area contributed by atoms with Crippen molar-refractivity contribution in [2.45, 2.75) is 20.0 Å². The number of hydrogen-bond donors (Lipinski definition) is 1. The Morgan fingerprint density at radius 2 is 1.84 bits per heavy atom. The van der Waals surface area contributed by atoms with Crippen molar-refractivity contribution in [3.05, 3.63) is 47.5 Å². The molecule has 2 aliphatic carbocycles. The van der Waals surface area contributed by atoms with Crippen molar-refractivity contribution < 1.29 is 14.3 Å². The second kappa shape index (κ2) is 5.10. The van der Waals surface area contributed by atoms with E-state index in [9.17, 15) is 9.59 Å². The number of amides is 1. The minimum atomic E-state index is -0.628. The summed E-state index contributed by atoms with van der Waals surface area (Å²) < 4.78 is 5.13. The Hall–Kier alpha value is -2.36. The number of carbonyl (C=O) groups excluding carboxylic acids is 2. The molecule has 4 heteroatoms. The molecule has 2 N–H and O–H groups in total. The average molecular weight is 257 g/mol. The van der Waals surface area contributed by atoms with Gasteiger partial charge in [-0.1, -0.05) is 30.3 Å². The molecule has 0 atom stereocenters. The van der Waals surface area contributed by atoms with Crippen molar-refractivity contribution in [2.24, 2.45) is 5.73 Å². The van der Waals surface area contributed by atoms with Crippen LogP contribution < -0.4 is 5.73 Å². The van der Waals surface area contributed by atoms with Crippen LogP contribution in [0.4, 0.5) is 0 Å². The lowest BCUT2D eigenvalue weighted by Crippen LogP contribution is -2.18. The van der Waals surface area contributed by atoms with Crippen LogP contribution in [0.2, 0.25) is 0 Å². The first-order valence-electron chi connectivity index (χ1n) is 6.03. The number of ether oxygens (including phenoxy) is 1. The largest absolute Gasteiger partial charge is 0.459 e. The van der Waals surface area contributed by atoms with Crippen LogP contribution >= 0.6 is 0 Å². The summed E-state index contributed by atoms with van der Waals surface area (Å²) in [5, 5.41) is 0. The van der Waals surface area contributed by atoms with Crippen LogP contribution in [-0.2, 0) is 4.74 Å². The Morgan fingerprint density at radius 1 is 1.16 bits per heavy atom. The van der Waals surface area contributed by atoms with E-state index in [4.69, 9.17) is 10.5 Å². The Morgan fingerprint density at radius 3 is 2.47 bits per heavy atom. The summed E-state index contributed by atoms with van der Waals surface area (Å²) in [6.45, 7) is 3.51. The van der Waals surface area contributed by atoms with E-state index < -0.39 is 11.9 Å². The van der Waals surface area contributed by atoms with Gasteiger partial charge in [-0.2, -0.15) is 0 Å². The summed E-state index contributed by atoms with van der Waals surface area (Å²) in [5.41, 5.74) is 7.28. The zero-order valence-electron chi connectivity index (χ0n) is 10.8. The molecule has 0 saturated heterocycles. The molecular formula is C15H15NO3. The van der Waals surface area contributed by atoms with E-state index >= 15 is 0 Å². The lowest BCUT2D eigenvalue weighted by atomic mass is 10.1. The van der Waals surface area contributed by atoms with Gasteiger partial charge in [0.05, 0.1) is 17.2 Å². The van der Waals surface area contributed by atoms with Crippen LogP contribution in [-0.4, -0.2) is 18.0 Å². The average Bonchev–Trinajstić information content (AvgIpc) is 2.53. The molecule has 0 spiro atoms. The Labute approximate surface area is 111 Å². The van der Waals surface area contributed by atoms with Crippen LogP contribution in [0, 0.1) is 0 Å². The fourth-order valence-corrected chi connectivity index (χ4v) is 1.99. The topological polar surface area (TPSA) is 69.4 Å². The first kappa shape index (κ1) is 13.1. The summed E-state index contributed by atoms with van der Waals surface area (Å²) >= 11 is 0. The standard InChI is InChI=1S/C15H15NO3/c1-9(2)19-15(18)12-8-10-6-4-3-5-7-11(10)13(12)14(16)17/h3-9H,1-2H3,(H2,16,17). The number of primary amides is 1. The van der Waals surface area contributed by atoms with E-state index in [0.717, 1.165) is 5.56 Å². The first-order chi connectivity index (χ1) is 9.00. The lowest BCUT2D eigenvalue weighted by molar-refractivity contribution is 0.0376. The molecule has 0 aromatic heterocycles. The molecule has 0 aromatic rings. The predicted molar refractivity (Wildman–Crippen MR) is 72.1 cm³/mol. The highest BCUT2D eigenvalue weighted by atomic mass is 16.5. The maximum absolute atomic E-state index is 12.0. The number of carbonyl (C=O) groups is 2. The van der Waals surface area contributed by atoms with Crippen molar-refractivity contribution in [3.63, 3.8) is 0 Å². The smallest absolute Gasteiger partial charge is 0.339 e. The Bertz CT molecular complexity index is 604. The van der Waals surface area contributed by atoms with Gasteiger partial charge in [0.15, 0.2) is 0 Å². The monoisotopic (exact) mass is 257 g/mol. The molecule has 2 rings (SSSR count). The van der Waals surface area contributed by atoms with Crippen molar-refractivity contribution in [1.82, 2.24) is 0 Å². The van der Waals surface area contributed by atoms with Gasteiger partial charge in [-0.15, -0.1) is 0 Å². The quantitative estimate of drug-likeness (QED) is 0.859. The van der Waals surface area contributed by atoms with Gasteiger partial charge < -0.3 is 10.5 Å². The van der Waals surface area contributed by atoms with Gasteiger partial charge >= 0.3 is 5.97 Å². The number of nitrogens with two attached hydrogens (primary N) is 1. The third-order valence-corrected chi connectivity index (χ3v) is 2.72. The van der Waals surface area contributed by atoms with Gasteiger partial charge in [-0.05, 0) is 31.0 Å². The maximum Gasteiger partial charge on any atom is 0.339 e. The van der Waals surface area contributed by atoms with Crippen molar-refractivity contribution in [2.75, 3.05) is 0 Å². The van der Waals surface area contributed by atoms with Gasteiger partial charge in [0.2, 0.25) is 5.91 Å². The summed E-state index contributed by atoms with van der Waals surface area (Å²) in [6, 6.07) is 10.7. The van der Waals surface area contributed by atoms with Crippen molar-refractivity contribution in [1.29, 1.82) is 0 Å². The molecule has 0 aromatic carbocycles. The lowest BCUT2D eigenvalue weighted by Gasteiger charge is -2.07. The Balaban J connectivity index is 2.60. The second-order valence-corrected chi connectivity index (χ2v) is 4.53. The third-order valence-electron chi connectivity index (χ3n) is 2.72. The van der Waals surface area contributed by atoms with Gasteiger partial charge in [-0.25, -0.2) is 4.79 Å². The second-order valence-electron chi connectivity index (χ2n) is 4.53. The minimum absolute atomic E-state index is 0.219. The highest BCUT2D eigenvalue weighted by molar-refractivity contribution is 6.11. The Kier molecular flexibility index (Phi) is 3.51. The highest BCUT2D eigenvalue weighted by Gasteiger charge is 2.25. The molecular weight excluding hydrogens is 242 g/mol. The molecule has 1 amide bonds. The summed E-state index contributed by atoms with van der Waals surface area (Å²) in [7, 11) is 0. The normalized spacial score (nSPS) is 10.7. The number of hydrogen-bond acceptors (Lipinski definition) is 3. The molecule has 2 aliphatic rings. The molecule has 0 bridgehead atoms. The summed E-state index contributed by atoms with van der Waals surface area (Å²) in [5.74, 6) is -1.15. The molecule has 0 fully saturated rings. The van der Waals surface area contributed by atoms with Crippen LogP contribution in [0.5, 0.6) is 0 Å². The zero-order chi connectivity index (χ0) is 14.0. The number of esters is 1. The van der Waals surface area contributed by atoms with E-state index in [1.165, 1.54) is 0 Å². The summed E-state index contributed by atoms with van der Waals surface area (Å²) in [4.78, 5) is 23.6. The van der Waals surface area contributed by atoms with Gasteiger partial charge in [-0.3, -0.25) is 4.79 Å². The molecule has 98 valence electrons.